The van der Waals surface area contributed by atoms with Crippen LogP contribution < -0.4 is 0 Å². The van der Waals surface area contributed by atoms with Crippen molar-refractivity contribution in [2.24, 2.45) is 0 Å². The quantitative estimate of drug-likeness (QED) is 0.649. The molecule has 0 bridgehead atoms. The van der Waals surface area contributed by atoms with E-state index in [0.717, 1.165) is 0 Å². The molecule has 77 valence electrons. The van der Waals surface area contributed by atoms with Gasteiger partial charge in [-0.25, -0.2) is 0 Å². The van der Waals surface area contributed by atoms with Crippen molar-refractivity contribution in [3.05, 3.63) is 34.4 Å². The molecule has 0 nitrogen and oxygen atoms in total. The van der Waals surface area contributed by atoms with E-state index < -0.39 is 0 Å². The SMILES string of the molecule is Cc1cc(C)c(C(C)C)[c]c1C(C)C. The highest BCUT2D eigenvalue weighted by molar-refractivity contribution is 5.38. The minimum atomic E-state index is 0.577. The maximum absolute atomic E-state index is 3.58. The fourth-order valence-electron chi connectivity index (χ4n) is 2.02. The molecule has 0 aromatic heterocycles. The zero-order valence-electron chi connectivity index (χ0n) is 10.2. The van der Waals surface area contributed by atoms with Crippen molar-refractivity contribution >= 4 is 0 Å². The highest BCUT2D eigenvalue weighted by atomic mass is 14.1. The van der Waals surface area contributed by atoms with Crippen molar-refractivity contribution < 1.29 is 0 Å². The standard InChI is InChI=1S/C14H21/c1-9(2)13-8-14(10(3)4)12(6)7-11(13)5/h7,9-10H,1-6H3. The molecule has 0 aliphatic rings. The molecule has 0 fully saturated rings. The van der Waals surface area contributed by atoms with Crippen LogP contribution >= 0.6 is 0 Å². The molecule has 0 aliphatic carbocycles. The summed E-state index contributed by atoms with van der Waals surface area (Å²) >= 11 is 0. The Hall–Kier alpha value is -0.780. The highest BCUT2D eigenvalue weighted by Gasteiger charge is 2.10. The van der Waals surface area contributed by atoms with Crippen LogP contribution in [0, 0.1) is 19.9 Å². The zero-order valence-corrected chi connectivity index (χ0v) is 10.2. The van der Waals surface area contributed by atoms with Crippen molar-refractivity contribution in [3.8, 4) is 0 Å². The van der Waals surface area contributed by atoms with Crippen molar-refractivity contribution in [3.63, 3.8) is 0 Å². The first-order chi connectivity index (χ1) is 6.43. The van der Waals surface area contributed by atoms with E-state index in [4.69, 9.17) is 0 Å². The van der Waals surface area contributed by atoms with E-state index in [-0.39, 0.29) is 0 Å². The number of benzene rings is 1. The molecule has 0 saturated heterocycles. The molecular weight excluding hydrogens is 168 g/mol. The first kappa shape index (κ1) is 11.3. The predicted octanol–water partition coefficient (Wildman–Crippen LogP) is 4.35. The van der Waals surface area contributed by atoms with Crippen LogP contribution in [0.25, 0.3) is 0 Å². The van der Waals surface area contributed by atoms with Gasteiger partial charge in [-0.3, -0.25) is 0 Å². The average Bonchev–Trinajstić information content (AvgIpc) is 2.02. The van der Waals surface area contributed by atoms with E-state index in [1.807, 2.05) is 0 Å². The molecule has 1 rings (SSSR count). The first-order valence-electron chi connectivity index (χ1n) is 5.46. The summed E-state index contributed by atoms with van der Waals surface area (Å²) in [6.45, 7) is 13.3. The summed E-state index contributed by atoms with van der Waals surface area (Å²) in [6.07, 6.45) is 0. The molecule has 1 aromatic rings. The van der Waals surface area contributed by atoms with E-state index in [9.17, 15) is 0 Å². The number of aryl methyl sites for hydroxylation is 2. The lowest BCUT2D eigenvalue weighted by Crippen LogP contribution is -2.00. The molecule has 0 spiro atoms. The van der Waals surface area contributed by atoms with E-state index in [1.165, 1.54) is 22.3 Å². The lowest BCUT2D eigenvalue weighted by atomic mass is 9.89. The molecule has 1 aromatic carbocycles. The van der Waals surface area contributed by atoms with E-state index in [2.05, 4.69) is 53.7 Å². The van der Waals surface area contributed by atoms with Gasteiger partial charge in [0, 0.05) is 0 Å². The van der Waals surface area contributed by atoms with Crippen molar-refractivity contribution in [1.29, 1.82) is 0 Å². The zero-order chi connectivity index (χ0) is 10.9. The van der Waals surface area contributed by atoms with Crippen molar-refractivity contribution in [2.75, 3.05) is 0 Å². The van der Waals surface area contributed by atoms with Crippen LogP contribution in [0.15, 0.2) is 6.07 Å². The second kappa shape index (κ2) is 4.16. The highest BCUT2D eigenvalue weighted by Crippen LogP contribution is 2.26. The molecular formula is C14H21. The molecule has 1 radical (unpaired) electrons. The maximum atomic E-state index is 3.58. The fourth-order valence-corrected chi connectivity index (χ4v) is 2.02. The Balaban J connectivity index is 3.27. The van der Waals surface area contributed by atoms with Gasteiger partial charge in [0.25, 0.3) is 0 Å². The Bertz CT molecular complexity index is 290. The summed E-state index contributed by atoms with van der Waals surface area (Å²) in [4.78, 5) is 0. The van der Waals surface area contributed by atoms with Crippen LogP contribution in [0.1, 0.15) is 61.8 Å². The van der Waals surface area contributed by atoms with Gasteiger partial charge in [0.05, 0.1) is 0 Å². The van der Waals surface area contributed by atoms with Gasteiger partial charge >= 0.3 is 0 Å². The van der Waals surface area contributed by atoms with E-state index in [1.54, 1.807) is 0 Å². The van der Waals surface area contributed by atoms with Crippen LogP contribution in [0.5, 0.6) is 0 Å². The third kappa shape index (κ3) is 2.17. The Morgan fingerprint density at radius 1 is 0.857 bits per heavy atom. The average molecular weight is 189 g/mol. The molecule has 0 unspecified atom stereocenters. The van der Waals surface area contributed by atoms with Crippen LogP contribution in [0.4, 0.5) is 0 Å². The molecule has 0 atom stereocenters. The van der Waals surface area contributed by atoms with Gasteiger partial charge in [-0.05, 0) is 54.0 Å². The topological polar surface area (TPSA) is 0 Å². The van der Waals surface area contributed by atoms with Gasteiger partial charge in [0.1, 0.15) is 0 Å². The normalized spacial score (nSPS) is 11.4. The summed E-state index contributed by atoms with van der Waals surface area (Å²) in [5.41, 5.74) is 5.50. The molecule has 0 saturated carbocycles. The summed E-state index contributed by atoms with van der Waals surface area (Å²) in [5.74, 6) is 1.15. The lowest BCUT2D eigenvalue weighted by Gasteiger charge is -2.16. The number of rotatable bonds is 2. The molecule has 0 amide bonds. The largest absolute Gasteiger partial charge is 0.0586 e. The Labute approximate surface area is 88.4 Å². The fraction of sp³-hybridized carbons (Fsp3) is 0.571. The van der Waals surface area contributed by atoms with Gasteiger partial charge < -0.3 is 0 Å². The number of hydrogen-bond donors (Lipinski definition) is 0. The summed E-state index contributed by atoms with van der Waals surface area (Å²) in [6, 6.07) is 5.87. The molecule has 0 heteroatoms. The predicted molar refractivity (Wildman–Crippen MR) is 62.9 cm³/mol. The van der Waals surface area contributed by atoms with E-state index >= 15 is 0 Å². The minimum absolute atomic E-state index is 0.577. The Kier molecular flexibility index (Phi) is 3.36. The van der Waals surface area contributed by atoms with Gasteiger partial charge in [-0.15, -0.1) is 0 Å². The van der Waals surface area contributed by atoms with Gasteiger partial charge in [-0.2, -0.15) is 0 Å². The second-order valence-corrected chi connectivity index (χ2v) is 4.77. The molecule has 0 N–H and O–H groups in total. The maximum Gasteiger partial charge on any atom is -0.0103 e. The third-order valence-electron chi connectivity index (χ3n) is 2.71. The van der Waals surface area contributed by atoms with E-state index in [0.29, 0.717) is 11.8 Å². The summed E-state index contributed by atoms with van der Waals surface area (Å²) in [7, 11) is 0. The van der Waals surface area contributed by atoms with Gasteiger partial charge in [0.15, 0.2) is 0 Å². The molecule has 0 aliphatic heterocycles. The number of hydrogen-bond acceptors (Lipinski definition) is 0. The second-order valence-electron chi connectivity index (χ2n) is 4.77. The summed E-state index contributed by atoms with van der Waals surface area (Å²) in [5, 5.41) is 0. The smallest absolute Gasteiger partial charge is 0.0103 e. The van der Waals surface area contributed by atoms with Crippen molar-refractivity contribution in [1.82, 2.24) is 0 Å². The van der Waals surface area contributed by atoms with Crippen LogP contribution in [0.3, 0.4) is 0 Å². The van der Waals surface area contributed by atoms with Crippen LogP contribution in [-0.4, -0.2) is 0 Å². The third-order valence-corrected chi connectivity index (χ3v) is 2.71. The Morgan fingerprint density at radius 2 is 1.21 bits per heavy atom. The lowest BCUT2D eigenvalue weighted by molar-refractivity contribution is 0.816. The van der Waals surface area contributed by atoms with Gasteiger partial charge in [0.2, 0.25) is 0 Å². The summed E-state index contributed by atoms with van der Waals surface area (Å²) < 4.78 is 0. The molecule has 14 heavy (non-hydrogen) atoms. The van der Waals surface area contributed by atoms with Crippen molar-refractivity contribution in [2.45, 2.75) is 53.4 Å². The van der Waals surface area contributed by atoms with Gasteiger partial charge in [-0.1, -0.05) is 33.8 Å². The van der Waals surface area contributed by atoms with Crippen LogP contribution in [-0.2, 0) is 0 Å². The van der Waals surface area contributed by atoms with Crippen LogP contribution in [0.2, 0.25) is 0 Å². The Morgan fingerprint density at radius 3 is 1.50 bits per heavy atom. The molecule has 0 heterocycles. The monoisotopic (exact) mass is 189 g/mol. The minimum Gasteiger partial charge on any atom is -0.0586 e. The first-order valence-corrected chi connectivity index (χ1v) is 5.46.